The quantitative estimate of drug-likeness (QED) is 0.416. The van der Waals surface area contributed by atoms with E-state index in [-0.39, 0.29) is 12.5 Å². The fourth-order valence-corrected chi connectivity index (χ4v) is 3.66. The van der Waals surface area contributed by atoms with Crippen LogP contribution in [0.3, 0.4) is 0 Å². The highest BCUT2D eigenvalue weighted by Gasteiger charge is 2.11. The number of carbonyl (C=O) groups excluding carboxylic acids is 1. The van der Waals surface area contributed by atoms with Crippen LogP contribution in [-0.4, -0.2) is 24.6 Å². The molecule has 0 bridgehead atoms. The average molecular weight is 423 g/mol. The molecule has 0 aliphatic heterocycles. The topological polar surface area (TPSA) is 98.5 Å². The molecule has 0 aliphatic rings. The maximum atomic E-state index is 12.1. The summed E-state index contributed by atoms with van der Waals surface area (Å²) in [6.45, 7) is -0.0969. The minimum Gasteiger partial charge on any atom is -0.497 e. The van der Waals surface area contributed by atoms with Gasteiger partial charge in [-0.2, -0.15) is 0 Å². The summed E-state index contributed by atoms with van der Waals surface area (Å²) in [4.78, 5) is 16.4. The van der Waals surface area contributed by atoms with E-state index in [0.717, 1.165) is 20.4 Å². The number of nitrogens with zero attached hydrogens (tertiary/aromatic N) is 1. The van der Waals surface area contributed by atoms with Gasteiger partial charge in [0.1, 0.15) is 11.5 Å². The van der Waals surface area contributed by atoms with Gasteiger partial charge in [0.25, 0.3) is 5.91 Å². The standard InChI is InChI=1S/C16H15BrN4O3S/c1-23-10-2-4-11(5-3-10)24-8-14(22)19-9-6-12(17)15-13(7-9)25-16(20-15)21-18/h2-7H,8,18H2,1H3,(H,19,22)(H,20,21). The number of nitrogens with two attached hydrogens (primary N) is 1. The van der Waals surface area contributed by atoms with E-state index in [1.807, 2.05) is 6.07 Å². The van der Waals surface area contributed by atoms with Crippen LogP contribution >= 0.6 is 27.3 Å². The van der Waals surface area contributed by atoms with Crippen LogP contribution in [0.25, 0.3) is 10.2 Å². The lowest BCUT2D eigenvalue weighted by Gasteiger charge is -2.08. The Morgan fingerprint density at radius 2 is 2.00 bits per heavy atom. The summed E-state index contributed by atoms with van der Waals surface area (Å²) < 4.78 is 12.2. The number of carbonyl (C=O) groups is 1. The van der Waals surface area contributed by atoms with Crippen LogP contribution in [0.15, 0.2) is 40.9 Å². The molecule has 0 atom stereocenters. The number of hydrogen-bond acceptors (Lipinski definition) is 7. The summed E-state index contributed by atoms with van der Waals surface area (Å²) in [7, 11) is 1.59. The number of methoxy groups -OCH3 is 1. The first-order chi connectivity index (χ1) is 12.1. The molecule has 0 spiro atoms. The first-order valence-electron chi connectivity index (χ1n) is 7.22. The third-order valence-electron chi connectivity index (χ3n) is 3.29. The molecule has 3 rings (SSSR count). The molecule has 130 valence electrons. The second-order valence-electron chi connectivity index (χ2n) is 4.98. The Labute approximate surface area is 156 Å². The van der Waals surface area contributed by atoms with Crippen LogP contribution in [0, 0.1) is 0 Å². The highest BCUT2D eigenvalue weighted by Crippen LogP contribution is 2.33. The van der Waals surface area contributed by atoms with E-state index in [0.29, 0.717) is 16.6 Å². The number of aromatic nitrogens is 1. The number of anilines is 2. The van der Waals surface area contributed by atoms with Crippen LogP contribution < -0.4 is 26.1 Å². The molecule has 0 fully saturated rings. The SMILES string of the molecule is COc1ccc(OCC(=O)Nc2cc(Br)c3nc(NN)sc3c2)cc1. The molecule has 9 heteroatoms. The molecule has 0 radical (unpaired) electrons. The van der Waals surface area contributed by atoms with Gasteiger partial charge in [0.05, 0.1) is 17.3 Å². The average Bonchev–Trinajstić information content (AvgIpc) is 3.04. The van der Waals surface area contributed by atoms with Gasteiger partial charge in [0.15, 0.2) is 11.7 Å². The van der Waals surface area contributed by atoms with Crippen molar-refractivity contribution < 1.29 is 14.3 Å². The zero-order valence-electron chi connectivity index (χ0n) is 13.2. The largest absolute Gasteiger partial charge is 0.497 e. The maximum Gasteiger partial charge on any atom is 0.262 e. The third-order valence-corrected chi connectivity index (χ3v) is 4.82. The monoisotopic (exact) mass is 422 g/mol. The summed E-state index contributed by atoms with van der Waals surface area (Å²) in [6.07, 6.45) is 0. The number of thiazole rings is 1. The lowest BCUT2D eigenvalue weighted by molar-refractivity contribution is -0.118. The second kappa shape index (κ2) is 7.68. The molecule has 4 N–H and O–H groups in total. The van der Waals surface area contributed by atoms with E-state index in [1.165, 1.54) is 11.3 Å². The minimum atomic E-state index is -0.260. The molecule has 1 aromatic heterocycles. The normalized spacial score (nSPS) is 10.5. The summed E-state index contributed by atoms with van der Waals surface area (Å²) in [6, 6.07) is 10.6. The van der Waals surface area contributed by atoms with Crippen LogP contribution in [0.2, 0.25) is 0 Å². The third kappa shape index (κ3) is 4.19. The smallest absolute Gasteiger partial charge is 0.262 e. The molecular weight excluding hydrogens is 408 g/mol. The number of rotatable bonds is 6. The Bertz CT molecular complexity index is 898. The van der Waals surface area contributed by atoms with Crippen molar-refractivity contribution in [1.82, 2.24) is 4.98 Å². The first-order valence-corrected chi connectivity index (χ1v) is 8.83. The number of nitrogen functional groups attached to an aromatic ring is 1. The Morgan fingerprint density at radius 1 is 1.28 bits per heavy atom. The molecular formula is C16H15BrN4O3S. The van der Waals surface area contributed by atoms with E-state index in [2.05, 4.69) is 31.7 Å². The van der Waals surface area contributed by atoms with Crippen molar-refractivity contribution in [3.63, 3.8) is 0 Å². The van der Waals surface area contributed by atoms with Crippen molar-refractivity contribution in [3.8, 4) is 11.5 Å². The number of halogens is 1. The molecule has 25 heavy (non-hydrogen) atoms. The van der Waals surface area contributed by atoms with Gasteiger partial charge in [-0.1, -0.05) is 11.3 Å². The zero-order chi connectivity index (χ0) is 17.8. The number of hydrazine groups is 1. The van der Waals surface area contributed by atoms with E-state index < -0.39 is 0 Å². The number of nitrogens with one attached hydrogen (secondary N) is 2. The summed E-state index contributed by atoms with van der Waals surface area (Å²) in [5.74, 6) is 6.44. The number of amides is 1. The lowest BCUT2D eigenvalue weighted by atomic mass is 10.3. The van der Waals surface area contributed by atoms with Crippen molar-refractivity contribution in [2.24, 2.45) is 5.84 Å². The summed E-state index contributed by atoms with van der Waals surface area (Å²) >= 11 is 4.85. The number of ether oxygens (including phenoxy) is 2. The Morgan fingerprint density at radius 3 is 2.68 bits per heavy atom. The number of hydrogen-bond donors (Lipinski definition) is 3. The Hall–Kier alpha value is -2.36. The summed E-state index contributed by atoms with van der Waals surface area (Å²) in [5, 5.41) is 3.40. The first kappa shape index (κ1) is 17.5. The van der Waals surface area contributed by atoms with E-state index >= 15 is 0 Å². The molecule has 7 nitrogen and oxygen atoms in total. The highest BCUT2D eigenvalue weighted by molar-refractivity contribution is 9.10. The molecule has 2 aromatic carbocycles. The van der Waals surface area contributed by atoms with Crippen molar-refractivity contribution in [1.29, 1.82) is 0 Å². The Balaban J connectivity index is 1.64. The van der Waals surface area contributed by atoms with Gasteiger partial charge in [-0.15, -0.1) is 0 Å². The molecule has 0 unspecified atom stereocenters. The fraction of sp³-hybridized carbons (Fsp3) is 0.125. The van der Waals surface area contributed by atoms with Crippen LogP contribution in [0.4, 0.5) is 10.8 Å². The predicted molar refractivity (Wildman–Crippen MR) is 102 cm³/mol. The molecule has 0 aliphatic carbocycles. The van der Waals surface area contributed by atoms with Gasteiger partial charge in [0, 0.05) is 10.2 Å². The minimum absolute atomic E-state index is 0.0969. The van der Waals surface area contributed by atoms with Crippen molar-refractivity contribution >= 4 is 54.2 Å². The van der Waals surface area contributed by atoms with Crippen molar-refractivity contribution in [3.05, 3.63) is 40.9 Å². The molecule has 3 aromatic rings. The van der Waals surface area contributed by atoms with Gasteiger partial charge in [-0.25, -0.2) is 10.8 Å². The van der Waals surface area contributed by atoms with Gasteiger partial charge in [0.2, 0.25) is 0 Å². The second-order valence-corrected chi connectivity index (χ2v) is 6.87. The molecule has 1 heterocycles. The van der Waals surface area contributed by atoms with Crippen molar-refractivity contribution in [2.45, 2.75) is 0 Å². The van der Waals surface area contributed by atoms with E-state index in [9.17, 15) is 4.79 Å². The molecule has 0 saturated carbocycles. The van der Waals surface area contributed by atoms with Crippen molar-refractivity contribution in [2.75, 3.05) is 24.5 Å². The van der Waals surface area contributed by atoms with Gasteiger partial charge in [-0.05, 0) is 52.3 Å². The van der Waals surface area contributed by atoms with Crippen LogP contribution in [-0.2, 0) is 4.79 Å². The van der Waals surface area contributed by atoms with Crippen LogP contribution in [0.5, 0.6) is 11.5 Å². The fourth-order valence-electron chi connectivity index (χ4n) is 2.14. The van der Waals surface area contributed by atoms with Gasteiger partial charge >= 0.3 is 0 Å². The van der Waals surface area contributed by atoms with Gasteiger partial charge < -0.3 is 14.8 Å². The van der Waals surface area contributed by atoms with E-state index in [1.54, 1.807) is 37.4 Å². The zero-order valence-corrected chi connectivity index (χ0v) is 15.6. The highest BCUT2D eigenvalue weighted by atomic mass is 79.9. The van der Waals surface area contributed by atoms with Gasteiger partial charge in [-0.3, -0.25) is 10.2 Å². The van der Waals surface area contributed by atoms with E-state index in [4.69, 9.17) is 15.3 Å². The Kier molecular flexibility index (Phi) is 5.37. The van der Waals surface area contributed by atoms with Crippen LogP contribution in [0.1, 0.15) is 0 Å². The predicted octanol–water partition coefficient (Wildman–Crippen LogP) is 3.37. The molecule has 0 saturated heterocycles. The summed E-state index contributed by atoms with van der Waals surface area (Å²) in [5.41, 5.74) is 3.95. The maximum absolute atomic E-state index is 12.1. The lowest BCUT2D eigenvalue weighted by Crippen LogP contribution is -2.20. The molecule has 1 amide bonds. The number of fused-ring (bicyclic) bond motifs is 1. The number of benzene rings is 2.